The Morgan fingerprint density at radius 1 is 1.04 bits per heavy atom. The van der Waals surface area contributed by atoms with Crippen LogP contribution in [0.2, 0.25) is 0 Å². The van der Waals surface area contributed by atoms with Crippen LogP contribution in [0.4, 0.5) is 4.39 Å². The van der Waals surface area contributed by atoms with Gasteiger partial charge < -0.3 is 9.47 Å². The summed E-state index contributed by atoms with van der Waals surface area (Å²) in [6.45, 7) is 4.82. The van der Waals surface area contributed by atoms with Gasteiger partial charge in [-0.05, 0) is 42.7 Å². The summed E-state index contributed by atoms with van der Waals surface area (Å²) >= 11 is 0. The second-order valence-corrected chi connectivity index (χ2v) is 8.60. The summed E-state index contributed by atoms with van der Waals surface area (Å²) < 4.78 is 25.9. The normalized spacial score (nSPS) is 24.5. The van der Waals surface area contributed by atoms with Gasteiger partial charge >= 0.3 is 5.97 Å². The maximum Gasteiger partial charge on any atom is 0.341 e. The Morgan fingerprint density at radius 2 is 1.71 bits per heavy atom. The number of carbonyl (C=O) groups excluding carboxylic acids is 1. The molecule has 0 spiro atoms. The van der Waals surface area contributed by atoms with E-state index in [1.54, 1.807) is 6.07 Å². The van der Waals surface area contributed by atoms with E-state index < -0.39 is 11.8 Å². The van der Waals surface area contributed by atoms with Gasteiger partial charge in [-0.1, -0.05) is 64.9 Å². The number of benzene rings is 1. The second-order valence-electron chi connectivity index (χ2n) is 8.60. The van der Waals surface area contributed by atoms with Crippen LogP contribution in [0.1, 0.15) is 94.0 Å². The molecule has 1 aliphatic heterocycles. The third-order valence-corrected chi connectivity index (χ3v) is 6.41. The molecule has 1 fully saturated rings. The lowest BCUT2D eigenvalue weighted by Gasteiger charge is -2.28. The number of ether oxygens (including phenoxy) is 2. The molecule has 1 aromatic carbocycles. The van der Waals surface area contributed by atoms with Crippen molar-refractivity contribution in [3.63, 3.8) is 0 Å². The molecule has 0 aromatic heterocycles. The maximum atomic E-state index is 14.8. The van der Waals surface area contributed by atoms with Crippen molar-refractivity contribution in [3.05, 3.63) is 29.1 Å². The molecule has 156 valence electrons. The summed E-state index contributed by atoms with van der Waals surface area (Å²) in [4.78, 5) is 12.2. The van der Waals surface area contributed by atoms with Crippen molar-refractivity contribution in [1.29, 1.82) is 0 Å². The molecular weight excluding hydrogens is 355 g/mol. The van der Waals surface area contributed by atoms with Gasteiger partial charge in [0.25, 0.3) is 0 Å². The molecule has 0 amide bonds. The van der Waals surface area contributed by atoms with Crippen LogP contribution in [-0.2, 0) is 11.2 Å². The molecule has 0 N–H and O–H groups in total. The summed E-state index contributed by atoms with van der Waals surface area (Å²) in [6, 6.07) is 3.50. The average Bonchev–Trinajstić information content (AvgIpc) is 2.68. The minimum atomic E-state index is -0.558. The first kappa shape index (κ1) is 21.1. The lowest BCUT2D eigenvalue weighted by atomic mass is 9.78. The van der Waals surface area contributed by atoms with Gasteiger partial charge in [0, 0.05) is 6.42 Å². The molecule has 1 aromatic rings. The minimum absolute atomic E-state index is 0.0686. The van der Waals surface area contributed by atoms with E-state index in [-0.39, 0.29) is 17.4 Å². The van der Waals surface area contributed by atoms with Gasteiger partial charge in [-0.15, -0.1) is 0 Å². The smallest absolute Gasteiger partial charge is 0.341 e. The van der Waals surface area contributed by atoms with Gasteiger partial charge in [0.15, 0.2) is 11.6 Å². The van der Waals surface area contributed by atoms with Crippen molar-refractivity contribution in [3.8, 4) is 5.75 Å². The van der Waals surface area contributed by atoms with Crippen molar-refractivity contribution in [2.45, 2.75) is 90.6 Å². The summed E-state index contributed by atoms with van der Waals surface area (Å²) in [5.74, 6) is 0.787. The Hall–Kier alpha value is -1.58. The SMILES string of the molecule is CCCC1CCC(CCCOc2ccc3c(c2F)C(=O)OC(CCC)C3)CC1. The third-order valence-electron chi connectivity index (χ3n) is 6.41. The Morgan fingerprint density at radius 3 is 2.39 bits per heavy atom. The Kier molecular flexibility index (Phi) is 7.75. The van der Waals surface area contributed by atoms with Crippen molar-refractivity contribution in [2.24, 2.45) is 11.8 Å². The highest BCUT2D eigenvalue weighted by Gasteiger charge is 2.30. The summed E-state index contributed by atoms with van der Waals surface area (Å²) in [5.41, 5.74) is 0.808. The van der Waals surface area contributed by atoms with E-state index in [1.165, 1.54) is 38.5 Å². The van der Waals surface area contributed by atoms with Gasteiger partial charge in [0.1, 0.15) is 11.7 Å². The van der Waals surface area contributed by atoms with Crippen LogP contribution in [-0.4, -0.2) is 18.7 Å². The topological polar surface area (TPSA) is 35.5 Å². The summed E-state index contributed by atoms with van der Waals surface area (Å²) in [7, 11) is 0. The Bertz CT molecular complexity index is 649. The summed E-state index contributed by atoms with van der Waals surface area (Å²) in [5, 5.41) is 0. The van der Waals surface area contributed by atoms with Gasteiger partial charge in [-0.3, -0.25) is 0 Å². The zero-order valence-corrected chi connectivity index (χ0v) is 17.5. The van der Waals surface area contributed by atoms with Crippen molar-refractivity contribution >= 4 is 5.97 Å². The maximum absolute atomic E-state index is 14.8. The van der Waals surface area contributed by atoms with E-state index in [0.29, 0.717) is 13.0 Å². The van der Waals surface area contributed by atoms with Crippen LogP contribution < -0.4 is 4.74 Å². The van der Waals surface area contributed by atoms with Crippen LogP contribution in [0.25, 0.3) is 0 Å². The van der Waals surface area contributed by atoms with Crippen molar-refractivity contribution < 1.29 is 18.7 Å². The number of hydrogen-bond acceptors (Lipinski definition) is 3. The molecule has 1 atom stereocenters. The van der Waals surface area contributed by atoms with Crippen molar-refractivity contribution in [1.82, 2.24) is 0 Å². The Labute approximate surface area is 169 Å². The number of rotatable bonds is 9. The molecule has 2 aliphatic rings. The van der Waals surface area contributed by atoms with Crippen LogP contribution in [0.15, 0.2) is 12.1 Å². The quantitative estimate of drug-likeness (QED) is 0.358. The largest absolute Gasteiger partial charge is 0.490 e. The van der Waals surface area contributed by atoms with Gasteiger partial charge in [-0.2, -0.15) is 0 Å². The molecular formula is C24H35FO3. The monoisotopic (exact) mass is 390 g/mol. The lowest BCUT2D eigenvalue weighted by Crippen LogP contribution is -2.28. The van der Waals surface area contributed by atoms with Crippen LogP contribution in [0.5, 0.6) is 5.75 Å². The number of halogens is 1. The predicted molar refractivity (Wildman–Crippen MR) is 109 cm³/mol. The van der Waals surface area contributed by atoms with E-state index in [9.17, 15) is 9.18 Å². The molecule has 0 saturated heterocycles. The van der Waals surface area contributed by atoms with E-state index in [1.807, 2.05) is 6.07 Å². The predicted octanol–water partition coefficient (Wildman–Crippen LogP) is 6.47. The van der Waals surface area contributed by atoms with E-state index in [0.717, 1.165) is 43.1 Å². The highest BCUT2D eigenvalue weighted by molar-refractivity contribution is 5.93. The molecule has 1 unspecified atom stereocenters. The van der Waals surface area contributed by atoms with Gasteiger partial charge in [0.2, 0.25) is 0 Å². The van der Waals surface area contributed by atoms with E-state index in [4.69, 9.17) is 9.47 Å². The number of hydrogen-bond donors (Lipinski definition) is 0. The fourth-order valence-electron chi connectivity index (χ4n) is 4.85. The molecule has 0 bridgehead atoms. The van der Waals surface area contributed by atoms with Crippen LogP contribution >= 0.6 is 0 Å². The average molecular weight is 391 g/mol. The molecule has 4 heteroatoms. The van der Waals surface area contributed by atoms with Crippen molar-refractivity contribution in [2.75, 3.05) is 6.61 Å². The number of carbonyl (C=O) groups is 1. The Balaban J connectivity index is 1.47. The highest BCUT2D eigenvalue weighted by atomic mass is 19.1. The molecule has 3 nitrogen and oxygen atoms in total. The summed E-state index contributed by atoms with van der Waals surface area (Å²) in [6.07, 6.45) is 12.3. The van der Waals surface area contributed by atoms with Gasteiger partial charge in [0.05, 0.1) is 6.61 Å². The molecule has 28 heavy (non-hydrogen) atoms. The second kappa shape index (κ2) is 10.3. The molecule has 3 rings (SSSR count). The molecule has 0 radical (unpaired) electrons. The third kappa shape index (κ3) is 5.27. The van der Waals surface area contributed by atoms with E-state index in [2.05, 4.69) is 13.8 Å². The van der Waals surface area contributed by atoms with Crippen LogP contribution in [0.3, 0.4) is 0 Å². The first-order valence-corrected chi connectivity index (χ1v) is 11.3. The standard InChI is InChI=1S/C24H35FO3/c1-3-6-17-9-11-18(12-10-17)8-5-15-27-21-14-13-19-16-20(7-4-2)28-24(26)22(19)23(21)25/h13-14,17-18,20H,3-12,15-16H2,1-2H3. The highest BCUT2D eigenvalue weighted by Crippen LogP contribution is 2.34. The fraction of sp³-hybridized carbons (Fsp3) is 0.708. The number of cyclic esters (lactones) is 1. The van der Waals surface area contributed by atoms with E-state index >= 15 is 0 Å². The number of esters is 1. The lowest BCUT2D eigenvalue weighted by molar-refractivity contribution is 0.0228. The first-order chi connectivity index (χ1) is 13.6. The fourth-order valence-corrected chi connectivity index (χ4v) is 4.85. The molecule has 1 saturated carbocycles. The van der Waals surface area contributed by atoms with Crippen LogP contribution in [0, 0.1) is 17.7 Å². The minimum Gasteiger partial charge on any atom is -0.490 e. The number of fused-ring (bicyclic) bond motifs is 1. The zero-order chi connectivity index (χ0) is 19.9. The molecule has 1 aliphatic carbocycles. The van der Waals surface area contributed by atoms with Gasteiger partial charge in [-0.25, -0.2) is 9.18 Å². The molecule has 1 heterocycles. The zero-order valence-electron chi connectivity index (χ0n) is 17.5. The first-order valence-electron chi connectivity index (χ1n) is 11.3.